The number of anilines is 1. The highest BCUT2D eigenvalue weighted by atomic mass is 31.2. The molecule has 1 aliphatic heterocycles. The Morgan fingerprint density at radius 3 is 1.65 bits per heavy atom. The van der Waals surface area contributed by atoms with Crippen LogP contribution in [-0.4, -0.2) is 76.5 Å². The van der Waals surface area contributed by atoms with Gasteiger partial charge in [0.2, 0.25) is 6.23 Å². The molecule has 2 heterocycles. The van der Waals surface area contributed by atoms with Gasteiger partial charge in [0.15, 0.2) is 0 Å². The van der Waals surface area contributed by atoms with E-state index < -0.39 is 41.5 Å². The quantitative estimate of drug-likeness (QED) is 0.165. The van der Waals surface area contributed by atoms with Crippen LogP contribution in [-0.2, 0) is 18.4 Å². The average molecular weight is 519 g/mol. The Morgan fingerprint density at radius 2 is 1.35 bits per heavy atom. The van der Waals surface area contributed by atoms with Crippen LogP contribution in [0.3, 0.4) is 0 Å². The van der Waals surface area contributed by atoms with Gasteiger partial charge in [0.1, 0.15) is 24.3 Å². The minimum atomic E-state index is -4.64. The van der Waals surface area contributed by atoms with Gasteiger partial charge in [0.25, 0.3) is 0 Å². The van der Waals surface area contributed by atoms with Crippen molar-refractivity contribution in [1.29, 1.82) is 0 Å². The van der Waals surface area contributed by atoms with E-state index in [9.17, 15) is 9.90 Å². The van der Waals surface area contributed by atoms with Crippen LogP contribution in [0.15, 0.2) is 28.9 Å². The number of rotatable bonds is 2. The summed E-state index contributed by atoms with van der Waals surface area (Å²) in [4.78, 5) is 79.7. The molecule has 182 valence electrons. The van der Waals surface area contributed by atoms with Crippen molar-refractivity contribution in [2.24, 2.45) is 0 Å². The second-order valence-corrected chi connectivity index (χ2v) is 7.95. The minimum absolute atomic E-state index is 0.101. The third-order valence-electron chi connectivity index (χ3n) is 2.20. The summed E-state index contributed by atoms with van der Waals surface area (Å²) in [6.07, 6.45) is 0.827. The Balaban J connectivity index is 0. The monoisotopic (exact) mass is 519 g/mol. The summed E-state index contributed by atoms with van der Waals surface area (Å²) >= 11 is 0. The number of aromatic nitrogens is 2. The predicted octanol–water partition coefficient (Wildman–Crippen LogP) is -4.19. The summed E-state index contributed by atoms with van der Waals surface area (Å²) in [5.74, 6) is 0.324. The van der Waals surface area contributed by atoms with E-state index in [0.717, 1.165) is 4.57 Å². The second-order valence-electron chi connectivity index (χ2n) is 4.87. The van der Waals surface area contributed by atoms with Crippen molar-refractivity contribution in [3.63, 3.8) is 0 Å². The fraction of sp³-hybridized carbons (Fsp3) is 0.333. The van der Waals surface area contributed by atoms with E-state index in [1.165, 1.54) is 18.3 Å². The van der Waals surface area contributed by atoms with E-state index in [1.54, 1.807) is 0 Å². The zero-order valence-corrected chi connectivity index (χ0v) is 17.6. The number of aliphatic hydroxyl groups is 2. The van der Waals surface area contributed by atoms with Crippen LogP contribution in [0.1, 0.15) is 6.23 Å². The molecule has 1 aromatic rings. The van der Waals surface area contributed by atoms with Crippen molar-refractivity contribution in [3.8, 4) is 0 Å². The number of aliphatic hydroxyl groups excluding tert-OH is 2. The Kier molecular flexibility index (Phi) is 13.4. The molecule has 0 aliphatic carbocycles. The van der Waals surface area contributed by atoms with Gasteiger partial charge in [-0.3, -0.25) is 4.57 Å². The van der Waals surface area contributed by atoms with Gasteiger partial charge in [0, 0.05) is 6.20 Å². The van der Waals surface area contributed by atoms with Crippen LogP contribution >= 0.6 is 23.5 Å². The van der Waals surface area contributed by atoms with Crippen LogP contribution in [0, 0.1) is 0 Å². The highest BCUT2D eigenvalue weighted by Crippen LogP contribution is 2.27. The summed E-state index contributed by atoms with van der Waals surface area (Å²) in [6.45, 7) is -0.329. The summed E-state index contributed by atoms with van der Waals surface area (Å²) in [6, 6.07) is 1.43. The lowest BCUT2D eigenvalue weighted by molar-refractivity contribution is -0.0103. The lowest BCUT2D eigenvalue weighted by atomic mass is 10.3. The Morgan fingerprint density at radius 1 is 0.968 bits per heavy atom. The van der Waals surface area contributed by atoms with E-state index in [2.05, 4.69) is 4.98 Å². The topological polar surface area (TPSA) is 344 Å². The third kappa shape index (κ3) is 23.0. The second kappa shape index (κ2) is 13.1. The molecule has 13 N–H and O–H groups in total. The van der Waals surface area contributed by atoms with Gasteiger partial charge in [-0.15, -0.1) is 0 Å². The van der Waals surface area contributed by atoms with Crippen molar-refractivity contribution in [2.45, 2.75) is 12.3 Å². The van der Waals surface area contributed by atoms with E-state index in [-0.39, 0.29) is 18.2 Å². The molecule has 2 rings (SSSR count). The molecule has 0 aromatic carbocycles. The maximum atomic E-state index is 11.5. The molecule has 0 unspecified atom stereocenters. The van der Waals surface area contributed by atoms with Crippen LogP contribution in [0.5, 0.6) is 0 Å². The summed E-state index contributed by atoms with van der Waals surface area (Å²) in [7, 11) is -13.9. The van der Waals surface area contributed by atoms with Crippen LogP contribution < -0.4 is 11.4 Å². The molecule has 2 atom stereocenters. The summed E-state index contributed by atoms with van der Waals surface area (Å²) < 4.78 is 32.9. The largest absolute Gasteiger partial charge is 0.469 e. The zero-order valence-electron chi connectivity index (χ0n) is 14.9. The smallest absolute Gasteiger partial charge is 0.466 e. The molecule has 0 fully saturated rings. The summed E-state index contributed by atoms with van der Waals surface area (Å²) in [5.41, 5.74) is 4.72. The Hall–Kier alpha value is -1.53. The first-order valence-electron chi connectivity index (χ1n) is 6.97. The molecular weight excluding hydrogens is 499 g/mol. The van der Waals surface area contributed by atoms with Gasteiger partial charge >= 0.3 is 29.2 Å². The van der Waals surface area contributed by atoms with Gasteiger partial charge < -0.3 is 64.7 Å². The zero-order chi connectivity index (χ0) is 25.2. The Bertz CT molecular complexity index is 842. The molecular formula is C9H20N3O16P3. The number of phosphoric acid groups is 3. The lowest BCUT2D eigenvalue weighted by Gasteiger charge is -2.17. The molecule has 0 bridgehead atoms. The van der Waals surface area contributed by atoms with Gasteiger partial charge in [-0.1, -0.05) is 0 Å². The van der Waals surface area contributed by atoms with Crippen molar-refractivity contribution >= 4 is 29.3 Å². The fourth-order valence-corrected chi connectivity index (χ4v) is 1.47. The number of hydrogen-bond acceptors (Lipinski definition) is 9. The number of nitrogens with two attached hydrogens (primary N) is 1. The van der Waals surface area contributed by atoms with E-state index in [1.807, 2.05) is 0 Å². The molecule has 1 aromatic heterocycles. The maximum absolute atomic E-state index is 11.5. The molecule has 1 aliphatic rings. The number of nitrogens with zero attached hydrogens (tertiary/aromatic N) is 2. The Labute approximate surface area is 171 Å². The molecule has 0 spiro atoms. The molecule has 19 nitrogen and oxygen atoms in total. The molecule has 22 heteroatoms. The first-order valence-corrected chi connectivity index (χ1v) is 11.7. The SMILES string of the molecule is Nc1ccn([C@@H]2OC(CO)=C[C@H]2O)c(=O)n1.O=P(O)(O)O.O=P(O)(O)O.O=P(O)(O)O. The van der Waals surface area contributed by atoms with E-state index in [4.69, 9.17) is 73.3 Å². The van der Waals surface area contributed by atoms with Crippen LogP contribution in [0.25, 0.3) is 0 Å². The van der Waals surface area contributed by atoms with Crippen molar-refractivity contribution < 1.29 is 72.7 Å². The fourth-order valence-electron chi connectivity index (χ4n) is 1.47. The minimum Gasteiger partial charge on any atom is -0.469 e. The van der Waals surface area contributed by atoms with Crippen molar-refractivity contribution in [1.82, 2.24) is 9.55 Å². The van der Waals surface area contributed by atoms with Gasteiger partial charge in [-0.2, -0.15) is 4.98 Å². The molecule has 0 saturated carbocycles. The summed E-state index contributed by atoms with van der Waals surface area (Å²) in [5, 5.41) is 18.4. The van der Waals surface area contributed by atoms with Crippen LogP contribution in [0.2, 0.25) is 0 Å². The third-order valence-corrected chi connectivity index (χ3v) is 2.20. The first kappa shape index (κ1) is 31.7. The molecule has 0 amide bonds. The van der Waals surface area contributed by atoms with Crippen LogP contribution in [0.4, 0.5) is 5.82 Å². The average Bonchev–Trinajstić information content (AvgIpc) is 2.83. The normalized spacial score (nSPS) is 18.1. The van der Waals surface area contributed by atoms with E-state index in [0.29, 0.717) is 0 Å². The highest BCUT2D eigenvalue weighted by molar-refractivity contribution is 7.45. The van der Waals surface area contributed by atoms with Gasteiger partial charge in [-0.05, 0) is 12.1 Å². The number of nitrogen functional groups attached to an aromatic ring is 1. The van der Waals surface area contributed by atoms with Gasteiger partial charge in [0.05, 0.1) is 0 Å². The predicted molar refractivity (Wildman–Crippen MR) is 97.0 cm³/mol. The molecule has 0 saturated heterocycles. The van der Waals surface area contributed by atoms with Crippen molar-refractivity contribution in [3.05, 3.63) is 34.6 Å². The van der Waals surface area contributed by atoms with Crippen molar-refractivity contribution in [2.75, 3.05) is 12.3 Å². The number of hydrogen-bond donors (Lipinski definition) is 12. The lowest BCUT2D eigenvalue weighted by Crippen LogP contribution is -2.32. The first-order chi connectivity index (χ1) is 13.6. The molecule has 0 radical (unpaired) electrons. The number of ether oxygens (including phenoxy) is 1. The van der Waals surface area contributed by atoms with E-state index >= 15 is 0 Å². The highest BCUT2D eigenvalue weighted by Gasteiger charge is 2.29. The maximum Gasteiger partial charge on any atom is 0.466 e. The van der Waals surface area contributed by atoms with Gasteiger partial charge in [-0.25, -0.2) is 18.5 Å². The standard InChI is InChI=1S/C9H11N3O4.3H3O4P/c10-7-1-2-12(9(15)11-7)8-6(14)3-5(4-13)16-8;3*1-5(2,3)4/h1-3,6,8,13-14H,4H2,(H2,10,11,15);3*(H3,1,2,3,4)/t6-,8-;;;/m1.../s1. The molecule has 31 heavy (non-hydrogen) atoms.